The first-order chi connectivity index (χ1) is 9.54. The van der Waals surface area contributed by atoms with E-state index in [1.165, 1.54) is 12.8 Å². The topological polar surface area (TPSA) is 58.3 Å². The van der Waals surface area contributed by atoms with E-state index in [0.29, 0.717) is 17.8 Å². The molecule has 0 spiro atoms. The summed E-state index contributed by atoms with van der Waals surface area (Å²) in [5.74, 6) is 2.06. The Morgan fingerprint density at radius 1 is 1.25 bits per heavy atom. The van der Waals surface area contributed by atoms with Crippen LogP contribution in [0.4, 0.5) is 5.82 Å². The molecule has 0 radical (unpaired) electrons. The molecule has 1 aliphatic carbocycles. The second-order valence-electron chi connectivity index (χ2n) is 6.10. The Balaban J connectivity index is 1.79. The Hall–Kier alpha value is -0.720. The highest BCUT2D eigenvalue weighted by molar-refractivity contribution is 9.10. The number of rotatable bonds is 3. The molecule has 20 heavy (non-hydrogen) atoms. The van der Waals surface area contributed by atoms with Crippen molar-refractivity contribution in [3.8, 4) is 0 Å². The number of aromatic nitrogens is 2. The van der Waals surface area contributed by atoms with Crippen molar-refractivity contribution >= 4 is 21.7 Å². The van der Waals surface area contributed by atoms with Crippen molar-refractivity contribution in [3.63, 3.8) is 0 Å². The number of nitrogen functional groups attached to an aromatic ring is 1. The summed E-state index contributed by atoms with van der Waals surface area (Å²) in [6.45, 7) is 3.29. The Morgan fingerprint density at radius 2 is 2.00 bits per heavy atom. The molecule has 1 saturated heterocycles. The fourth-order valence-electron chi connectivity index (χ4n) is 2.78. The molecule has 6 heteroatoms. The number of piperazine rings is 1. The Bertz CT molecular complexity index is 503. The molecular formula is C14H22BrN5. The number of nitrogens with two attached hydrogens (primary N) is 1. The van der Waals surface area contributed by atoms with Gasteiger partial charge in [0, 0.05) is 38.0 Å². The molecule has 2 fully saturated rings. The molecule has 1 aliphatic heterocycles. The minimum absolute atomic E-state index is 0.473. The van der Waals surface area contributed by atoms with Gasteiger partial charge in [-0.05, 0) is 42.9 Å². The quantitative estimate of drug-likeness (QED) is 0.903. The van der Waals surface area contributed by atoms with Crippen LogP contribution in [0.3, 0.4) is 0 Å². The van der Waals surface area contributed by atoms with Gasteiger partial charge in [0.1, 0.15) is 11.6 Å². The number of likely N-dealkylation sites (N-methyl/N-ethyl adjacent to an activating group) is 2. The zero-order valence-corrected chi connectivity index (χ0v) is 13.7. The molecule has 0 aromatic carbocycles. The van der Waals surface area contributed by atoms with Crippen molar-refractivity contribution in [2.75, 3.05) is 39.5 Å². The fourth-order valence-corrected chi connectivity index (χ4v) is 3.28. The molecule has 1 unspecified atom stereocenters. The molecule has 1 aromatic heterocycles. The van der Waals surface area contributed by atoms with Crippen molar-refractivity contribution < 1.29 is 0 Å². The minimum atomic E-state index is 0.473. The van der Waals surface area contributed by atoms with Crippen LogP contribution >= 0.6 is 15.9 Å². The van der Waals surface area contributed by atoms with Crippen LogP contribution in [0, 0.1) is 0 Å². The van der Waals surface area contributed by atoms with E-state index in [-0.39, 0.29) is 0 Å². The summed E-state index contributed by atoms with van der Waals surface area (Å²) in [7, 11) is 4.36. The smallest absolute Gasteiger partial charge is 0.141 e. The fraction of sp³-hybridized carbons (Fsp3) is 0.714. The van der Waals surface area contributed by atoms with Crippen LogP contribution in [-0.4, -0.2) is 59.5 Å². The van der Waals surface area contributed by atoms with Crippen molar-refractivity contribution in [2.45, 2.75) is 31.2 Å². The number of halogens is 1. The summed E-state index contributed by atoms with van der Waals surface area (Å²) in [5, 5.41) is 0. The predicted molar refractivity (Wildman–Crippen MR) is 83.7 cm³/mol. The molecule has 1 saturated carbocycles. The minimum Gasteiger partial charge on any atom is -0.383 e. The molecule has 2 aliphatic rings. The predicted octanol–water partition coefficient (Wildman–Crippen LogP) is 1.49. The first kappa shape index (κ1) is 14.2. The first-order valence-electron chi connectivity index (χ1n) is 7.25. The molecule has 110 valence electrons. The molecule has 5 nitrogen and oxygen atoms in total. The zero-order valence-electron chi connectivity index (χ0n) is 12.1. The van der Waals surface area contributed by atoms with E-state index < -0.39 is 0 Å². The maximum Gasteiger partial charge on any atom is 0.141 e. The average Bonchev–Trinajstić information content (AvgIpc) is 3.22. The van der Waals surface area contributed by atoms with E-state index in [4.69, 9.17) is 10.7 Å². The molecule has 0 amide bonds. The molecule has 1 atom stereocenters. The van der Waals surface area contributed by atoms with Gasteiger partial charge in [0.25, 0.3) is 0 Å². The van der Waals surface area contributed by atoms with Crippen LogP contribution in [0.5, 0.6) is 0 Å². The highest BCUT2D eigenvalue weighted by atomic mass is 79.9. The van der Waals surface area contributed by atoms with Crippen LogP contribution in [0.15, 0.2) is 4.47 Å². The number of hydrogen-bond acceptors (Lipinski definition) is 5. The lowest BCUT2D eigenvalue weighted by molar-refractivity contribution is 0.113. The van der Waals surface area contributed by atoms with Gasteiger partial charge in [-0.1, -0.05) is 0 Å². The van der Waals surface area contributed by atoms with E-state index in [0.717, 1.165) is 42.0 Å². The van der Waals surface area contributed by atoms with Gasteiger partial charge >= 0.3 is 0 Å². The Labute approximate surface area is 128 Å². The number of anilines is 1. The lowest BCUT2D eigenvalue weighted by Gasteiger charge is -2.37. The maximum atomic E-state index is 6.03. The lowest BCUT2D eigenvalue weighted by atomic mass is 10.1. The van der Waals surface area contributed by atoms with Crippen molar-refractivity contribution in [2.24, 2.45) is 0 Å². The second kappa shape index (κ2) is 5.58. The van der Waals surface area contributed by atoms with Crippen LogP contribution in [0.25, 0.3) is 0 Å². The van der Waals surface area contributed by atoms with Gasteiger partial charge in [0.05, 0.1) is 10.2 Å². The van der Waals surface area contributed by atoms with Crippen LogP contribution < -0.4 is 5.73 Å². The highest BCUT2D eigenvalue weighted by Gasteiger charge is 2.30. The number of nitrogens with zero attached hydrogens (tertiary/aromatic N) is 4. The summed E-state index contributed by atoms with van der Waals surface area (Å²) in [6, 6.07) is 0.473. The summed E-state index contributed by atoms with van der Waals surface area (Å²) in [6.07, 6.45) is 3.32. The third-order valence-corrected chi connectivity index (χ3v) is 5.12. The highest BCUT2D eigenvalue weighted by Crippen LogP contribution is 2.43. The average molecular weight is 340 g/mol. The van der Waals surface area contributed by atoms with Crippen molar-refractivity contribution in [3.05, 3.63) is 16.0 Å². The summed E-state index contributed by atoms with van der Waals surface area (Å²) in [4.78, 5) is 14.0. The van der Waals surface area contributed by atoms with E-state index in [2.05, 4.69) is 44.8 Å². The molecular weight excluding hydrogens is 318 g/mol. The van der Waals surface area contributed by atoms with Gasteiger partial charge in [0.2, 0.25) is 0 Å². The van der Waals surface area contributed by atoms with E-state index >= 15 is 0 Å². The number of hydrogen-bond donors (Lipinski definition) is 1. The Morgan fingerprint density at radius 3 is 2.70 bits per heavy atom. The zero-order chi connectivity index (χ0) is 14.3. The van der Waals surface area contributed by atoms with Gasteiger partial charge in [-0.2, -0.15) is 0 Å². The molecule has 3 rings (SSSR count). The van der Waals surface area contributed by atoms with E-state index in [1.807, 2.05) is 0 Å². The van der Waals surface area contributed by atoms with E-state index in [9.17, 15) is 0 Å². The standard InChI is InChI=1S/C14H22BrN5/c1-19-5-6-20(2)10(8-19)7-11-17-13(9-3-4-9)12(15)14(16)18-11/h9-10H,3-8H2,1-2H3,(H2,16,17,18). The molecule has 2 heterocycles. The summed E-state index contributed by atoms with van der Waals surface area (Å²) < 4.78 is 0.901. The maximum absolute atomic E-state index is 6.03. The molecule has 2 N–H and O–H groups in total. The first-order valence-corrected chi connectivity index (χ1v) is 8.04. The van der Waals surface area contributed by atoms with Crippen molar-refractivity contribution in [1.29, 1.82) is 0 Å². The van der Waals surface area contributed by atoms with Crippen LogP contribution in [0.2, 0.25) is 0 Å². The second-order valence-corrected chi connectivity index (χ2v) is 6.89. The summed E-state index contributed by atoms with van der Waals surface area (Å²) >= 11 is 3.53. The van der Waals surface area contributed by atoms with Gasteiger partial charge in [0.15, 0.2) is 0 Å². The van der Waals surface area contributed by atoms with Gasteiger partial charge < -0.3 is 15.5 Å². The van der Waals surface area contributed by atoms with Crippen LogP contribution in [-0.2, 0) is 6.42 Å². The van der Waals surface area contributed by atoms with Gasteiger partial charge in [-0.3, -0.25) is 0 Å². The monoisotopic (exact) mass is 339 g/mol. The Kier molecular flexibility index (Phi) is 3.97. The van der Waals surface area contributed by atoms with Crippen LogP contribution in [0.1, 0.15) is 30.3 Å². The third kappa shape index (κ3) is 2.97. The molecule has 1 aromatic rings. The van der Waals surface area contributed by atoms with Gasteiger partial charge in [-0.15, -0.1) is 0 Å². The summed E-state index contributed by atoms with van der Waals surface area (Å²) in [5.41, 5.74) is 7.14. The SMILES string of the molecule is CN1CCN(C)C(Cc2nc(N)c(Br)c(C3CC3)n2)C1. The lowest BCUT2D eigenvalue weighted by Crippen LogP contribution is -2.51. The van der Waals surface area contributed by atoms with E-state index in [1.54, 1.807) is 0 Å². The molecule has 0 bridgehead atoms. The van der Waals surface area contributed by atoms with Gasteiger partial charge in [-0.25, -0.2) is 9.97 Å². The van der Waals surface area contributed by atoms with Crippen molar-refractivity contribution in [1.82, 2.24) is 19.8 Å². The largest absolute Gasteiger partial charge is 0.383 e. The normalized spacial score (nSPS) is 25.1. The third-order valence-electron chi connectivity index (χ3n) is 4.31.